The van der Waals surface area contributed by atoms with Crippen molar-refractivity contribution in [2.75, 3.05) is 18.7 Å². The largest absolute Gasteiger partial charge is 0.454 e. The fraction of sp³-hybridized carbons (Fsp3) is 0.318. The molecule has 154 valence electrons. The standard InChI is InChI=1S/C22H23N5O3/c28-22(25-16-5-6-19-20(13-16)30-14-29-19)24-11-12-27-18-4-2-1-3-17(18)21(26-27)15-7-9-23-10-8-15/h5-10,13H,1-4,11-12,14H2,(H2,24,25,28). The Hall–Kier alpha value is -3.55. The van der Waals surface area contributed by atoms with Gasteiger partial charge in [-0.3, -0.25) is 9.67 Å². The van der Waals surface area contributed by atoms with Gasteiger partial charge in [0.05, 0.1) is 12.2 Å². The molecule has 2 aromatic heterocycles. The van der Waals surface area contributed by atoms with Gasteiger partial charge in [0.1, 0.15) is 0 Å². The molecule has 1 aliphatic carbocycles. The first-order valence-electron chi connectivity index (χ1n) is 10.2. The van der Waals surface area contributed by atoms with Crippen molar-refractivity contribution in [3.8, 4) is 22.8 Å². The van der Waals surface area contributed by atoms with E-state index in [-0.39, 0.29) is 12.8 Å². The van der Waals surface area contributed by atoms with E-state index >= 15 is 0 Å². The van der Waals surface area contributed by atoms with E-state index in [9.17, 15) is 4.79 Å². The first-order chi connectivity index (χ1) is 14.8. The van der Waals surface area contributed by atoms with Crippen LogP contribution in [0, 0.1) is 0 Å². The highest BCUT2D eigenvalue weighted by Gasteiger charge is 2.21. The minimum atomic E-state index is -0.260. The summed E-state index contributed by atoms with van der Waals surface area (Å²) in [5, 5.41) is 10.6. The van der Waals surface area contributed by atoms with Crippen LogP contribution in [0.15, 0.2) is 42.7 Å². The molecule has 0 radical (unpaired) electrons. The molecule has 1 aliphatic heterocycles. The fourth-order valence-electron chi connectivity index (χ4n) is 4.02. The molecule has 2 N–H and O–H groups in total. The lowest BCUT2D eigenvalue weighted by molar-refractivity contribution is 0.174. The van der Waals surface area contributed by atoms with E-state index in [1.165, 1.54) is 24.1 Å². The molecule has 0 saturated heterocycles. The third kappa shape index (κ3) is 3.68. The number of benzene rings is 1. The third-order valence-electron chi connectivity index (χ3n) is 5.45. The maximum atomic E-state index is 12.3. The van der Waals surface area contributed by atoms with E-state index in [1.807, 2.05) is 16.8 Å². The molecule has 3 heterocycles. The Kier molecular flexibility index (Phi) is 4.96. The van der Waals surface area contributed by atoms with Gasteiger partial charge in [0.2, 0.25) is 6.79 Å². The lowest BCUT2D eigenvalue weighted by Gasteiger charge is -2.14. The molecular weight excluding hydrogens is 382 g/mol. The van der Waals surface area contributed by atoms with Gasteiger partial charge in [0, 0.05) is 47.5 Å². The maximum absolute atomic E-state index is 12.3. The molecule has 0 bridgehead atoms. The van der Waals surface area contributed by atoms with Crippen LogP contribution in [0.2, 0.25) is 0 Å². The molecule has 0 unspecified atom stereocenters. The highest BCUT2D eigenvalue weighted by Crippen LogP contribution is 2.34. The van der Waals surface area contributed by atoms with Crippen molar-refractivity contribution >= 4 is 11.7 Å². The summed E-state index contributed by atoms with van der Waals surface area (Å²) in [6, 6.07) is 9.07. The smallest absolute Gasteiger partial charge is 0.319 e. The van der Waals surface area contributed by atoms with E-state index in [4.69, 9.17) is 14.6 Å². The van der Waals surface area contributed by atoms with Gasteiger partial charge < -0.3 is 20.1 Å². The molecule has 0 fully saturated rings. The highest BCUT2D eigenvalue weighted by molar-refractivity contribution is 5.89. The van der Waals surface area contributed by atoms with Crippen LogP contribution in [0.1, 0.15) is 24.1 Å². The first-order valence-corrected chi connectivity index (χ1v) is 10.2. The van der Waals surface area contributed by atoms with Crippen molar-refractivity contribution in [2.24, 2.45) is 0 Å². The number of anilines is 1. The third-order valence-corrected chi connectivity index (χ3v) is 5.45. The second-order valence-corrected chi connectivity index (χ2v) is 7.39. The zero-order valence-corrected chi connectivity index (χ0v) is 16.6. The predicted octanol–water partition coefficient (Wildman–Crippen LogP) is 3.37. The highest BCUT2D eigenvalue weighted by atomic mass is 16.7. The minimum absolute atomic E-state index is 0.209. The summed E-state index contributed by atoms with van der Waals surface area (Å²) in [5.41, 5.74) is 5.41. The van der Waals surface area contributed by atoms with Crippen molar-refractivity contribution < 1.29 is 14.3 Å². The van der Waals surface area contributed by atoms with Crippen LogP contribution in [0.5, 0.6) is 11.5 Å². The molecule has 0 saturated carbocycles. The van der Waals surface area contributed by atoms with Gasteiger partial charge in [0.15, 0.2) is 11.5 Å². The summed E-state index contributed by atoms with van der Waals surface area (Å²) in [5.74, 6) is 1.33. The number of hydrogen-bond donors (Lipinski definition) is 2. The van der Waals surface area contributed by atoms with Gasteiger partial charge in [-0.15, -0.1) is 0 Å². The van der Waals surface area contributed by atoms with Crippen molar-refractivity contribution in [1.29, 1.82) is 0 Å². The molecule has 2 aliphatic rings. The Bertz CT molecular complexity index is 1060. The normalized spacial score (nSPS) is 14.3. The number of carbonyl (C=O) groups is 1. The van der Waals surface area contributed by atoms with Crippen LogP contribution in [0.25, 0.3) is 11.3 Å². The van der Waals surface area contributed by atoms with Gasteiger partial charge in [-0.25, -0.2) is 4.79 Å². The van der Waals surface area contributed by atoms with E-state index in [1.54, 1.807) is 30.6 Å². The van der Waals surface area contributed by atoms with Crippen molar-refractivity contribution in [1.82, 2.24) is 20.1 Å². The van der Waals surface area contributed by atoms with E-state index in [0.717, 1.165) is 24.1 Å². The molecule has 8 nitrogen and oxygen atoms in total. The number of aromatic nitrogens is 3. The van der Waals surface area contributed by atoms with E-state index in [2.05, 4.69) is 15.6 Å². The van der Waals surface area contributed by atoms with Gasteiger partial charge in [-0.05, 0) is 49.9 Å². The summed E-state index contributed by atoms with van der Waals surface area (Å²) in [6.07, 6.45) is 8.03. The molecule has 30 heavy (non-hydrogen) atoms. The first kappa shape index (κ1) is 18.5. The zero-order valence-electron chi connectivity index (χ0n) is 16.6. The molecule has 1 aromatic carbocycles. The molecule has 8 heteroatoms. The Morgan fingerprint density at radius 2 is 1.90 bits per heavy atom. The predicted molar refractivity (Wildman–Crippen MR) is 112 cm³/mol. The Labute approximate surface area is 174 Å². The Morgan fingerprint density at radius 1 is 1.07 bits per heavy atom. The number of nitrogens with one attached hydrogen (secondary N) is 2. The van der Waals surface area contributed by atoms with Crippen LogP contribution < -0.4 is 20.1 Å². The SMILES string of the molecule is O=C(NCCn1nc(-c2ccncc2)c2c1CCCC2)Nc1ccc2c(c1)OCO2. The second-order valence-electron chi connectivity index (χ2n) is 7.39. The Balaban J connectivity index is 1.23. The summed E-state index contributed by atoms with van der Waals surface area (Å²) in [4.78, 5) is 16.4. The molecule has 0 spiro atoms. The molecular formula is C22H23N5O3. The number of amides is 2. The lowest BCUT2D eigenvalue weighted by Crippen LogP contribution is -2.32. The number of rotatable bonds is 5. The molecule has 2 amide bonds. The summed E-state index contributed by atoms with van der Waals surface area (Å²) < 4.78 is 12.7. The van der Waals surface area contributed by atoms with Crippen molar-refractivity contribution in [3.63, 3.8) is 0 Å². The summed E-state index contributed by atoms with van der Waals surface area (Å²) in [6.45, 7) is 1.32. The molecule has 0 atom stereocenters. The van der Waals surface area contributed by atoms with Crippen LogP contribution in [0.4, 0.5) is 10.5 Å². The zero-order chi connectivity index (χ0) is 20.3. The van der Waals surface area contributed by atoms with Gasteiger partial charge >= 0.3 is 6.03 Å². The van der Waals surface area contributed by atoms with E-state index in [0.29, 0.717) is 30.3 Å². The van der Waals surface area contributed by atoms with Crippen LogP contribution in [0.3, 0.4) is 0 Å². The number of fused-ring (bicyclic) bond motifs is 2. The van der Waals surface area contributed by atoms with E-state index < -0.39 is 0 Å². The average Bonchev–Trinajstić information content (AvgIpc) is 3.39. The number of nitrogens with zero attached hydrogens (tertiary/aromatic N) is 3. The van der Waals surface area contributed by atoms with Crippen LogP contribution >= 0.6 is 0 Å². The van der Waals surface area contributed by atoms with Gasteiger partial charge in [0.25, 0.3) is 0 Å². The average molecular weight is 405 g/mol. The van der Waals surface area contributed by atoms with Crippen molar-refractivity contribution in [3.05, 3.63) is 54.0 Å². The molecule has 3 aromatic rings. The number of hydrogen-bond acceptors (Lipinski definition) is 5. The number of urea groups is 1. The summed E-state index contributed by atoms with van der Waals surface area (Å²) >= 11 is 0. The molecule has 5 rings (SSSR count). The number of carbonyl (C=O) groups excluding carboxylic acids is 1. The fourth-order valence-corrected chi connectivity index (χ4v) is 4.02. The minimum Gasteiger partial charge on any atom is -0.454 e. The monoisotopic (exact) mass is 405 g/mol. The van der Waals surface area contributed by atoms with Gasteiger partial charge in [-0.2, -0.15) is 5.10 Å². The van der Waals surface area contributed by atoms with Crippen molar-refractivity contribution in [2.45, 2.75) is 32.2 Å². The Morgan fingerprint density at radius 3 is 2.80 bits per heavy atom. The number of pyridine rings is 1. The second kappa shape index (κ2) is 8.06. The van der Waals surface area contributed by atoms with Crippen LogP contribution in [-0.4, -0.2) is 34.1 Å². The topological polar surface area (TPSA) is 90.3 Å². The quantitative estimate of drug-likeness (QED) is 0.679. The number of ether oxygens (including phenoxy) is 2. The van der Waals surface area contributed by atoms with Gasteiger partial charge in [-0.1, -0.05) is 0 Å². The van der Waals surface area contributed by atoms with Crippen LogP contribution in [-0.2, 0) is 19.4 Å². The lowest BCUT2D eigenvalue weighted by atomic mass is 9.94. The maximum Gasteiger partial charge on any atom is 0.319 e. The summed E-state index contributed by atoms with van der Waals surface area (Å²) in [7, 11) is 0.